The van der Waals surface area contributed by atoms with Gasteiger partial charge in [-0.15, -0.1) is 12.4 Å². The first-order chi connectivity index (χ1) is 14.9. The second-order valence-electron chi connectivity index (χ2n) is 8.36. The number of ether oxygens (including phenoxy) is 2. The van der Waals surface area contributed by atoms with Crippen LogP contribution in [-0.4, -0.2) is 43.2 Å². The van der Waals surface area contributed by atoms with Crippen molar-refractivity contribution in [2.45, 2.75) is 51.7 Å². The number of hydrogen-bond donors (Lipinski definition) is 0. The number of carbonyl (C=O) groups excluding carboxylic acids is 1. The summed E-state index contributed by atoms with van der Waals surface area (Å²) < 4.78 is 11.6. The Morgan fingerprint density at radius 3 is 2.47 bits per heavy atom. The van der Waals surface area contributed by atoms with Gasteiger partial charge in [0.25, 0.3) is 5.91 Å². The van der Waals surface area contributed by atoms with E-state index in [1.165, 1.54) is 19.3 Å². The Hall–Kier alpha value is -1.66. The van der Waals surface area contributed by atoms with Crippen LogP contribution in [0.15, 0.2) is 30.3 Å². The molecule has 0 bridgehead atoms. The molecule has 2 heterocycles. The minimum absolute atomic E-state index is 0. The SMILES string of the molecule is COc1ccc(N2Cc3cc(Cl)cc(Cl)c3C2=O)cc1OCCN1[C@H](C)CCC[C@@H]1C.Cl. The lowest BCUT2D eigenvalue weighted by Crippen LogP contribution is -2.45. The third kappa shape index (κ3) is 4.96. The van der Waals surface area contributed by atoms with Crippen LogP contribution in [0, 0.1) is 0 Å². The summed E-state index contributed by atoms with van der Waals surface area (Å²) in [6.45, 7) is 6.40. The first-order valence-electron chi connectivity index (χ1n) is 10.8. The molecular weight excluding hydrogens is 471 g/mol. The van der Waals surface area contributed by atoms with Crippen LogP contribution in [0.4, 0.5) is 5.69 Å². The summed E-state index contributed by atoms with van der Waals surface area (Å²) in [5, 5.41) is 0.906. The van der Waals surface area contributed by atoms with E-state index >= 15 is 0 Å². The highest BCUT2D eigenvalue weighted by Gasteiger charge is 2.32. The number of fused-ring (bicyclic) bond motifs is 1. The van der Waals surface area contributed by atoms with Gasteiger partial charge in [-0.05, 0) is 56.5 Å². The Kier molecular flexibility index (Phi) is 8.21. The Morgan fingerprint density at radius 1 is 1.06 bits per heavy atom. The number of carbonyl (C=O) groups is 1. The summed E-state index contributed by atoms with van der Waals surface area (Å²) in [5.41, 5.74) is 2.08. The Morgan fingerprint density at radius 2 is 1.78 bits per heavy atom. The van der Waals surface area contributed by atoms with Crippen molar-refractivity contribution in [1.82, 2.24) is 4.90 Å². The lowest BCUT2D eigenvalue weighted by molar-refractivity contribution is 0.0845. The van der Waals surface area contributed by atoms with Gasteiger partial charge in [-0.2, -0.15) is 0 Å². The molecule has 0 aliphatic carbocycles. The summed E-state index contributed by atoms with van der Waals surface area (Å²) in [5.74, 6) is 1.14. The van der Waals surface area contributed by atoms with Crippen LogP contribution in [0.1, 0.15) is 49.0 Å². The Balaban J connectivity index is 0.00000289. The number of amides is 1. The maximum absolute atomic E-state index is 13.0. The van der Waals surface area contributed by atoms with E-state index in [0.29, 0.717) is 52.3 Å². The van der Waals surface area contributed by atoms with Gasteiger partial charge in [0.15, 0.2) is 11.5 Å². The average Bonchev–Trinajstić information content (AvgIpc) is 3.06. The number of likely N-dealkylation sites (tertiary alicyclic amines) is 1. The Labute approximate surface area is 206 Å². The third-order valence-electron chi connectivity index (χ3n) is 6.37. The number of benzene rings is 2. The van der Waals surface area contributed by atoms with Gasteiger partial charge in [-0.1, -0.05) is 29.6 Å². The smallest absolute Gasteiger partial charge is 0.260 e. The van der Waals surface area contributed by atoms with Crippen molar-refractivity contribution >= 4 is 47.2 Å². The maximum atomic E-state index is 13.0. The molecule has 1 saturated heterocycles. The molecule has 0 spiro atoms. The third-order valence-corrected chi connectivity index (χ3v) is 6.88. The van der Waals surface area contributed by atoms with E-state index in [0.717, 1.165) is 17.8 Å². The maximum Gasteiger partial charge on any atom is 0.260 e. The topological polar surface area (TPSA) is 42.0 Å². The van der Waals surface area contributed by atoms with Crippen molar-refractivity contribution in [3.8, 4) is 11.5 Å². The highest BCUT2D eigenvalue weighted by molar-refractivity contribution is 6.38. The van der Waals surface area contributed by atoms with Crippen molar-refractivity contribution in [3.63, 3.8) is 0 Å². The van der Waals surface area contributed by atoms with E-state index in [-0.39, 0.29) is 18.3 Å². The lowest BCUT2D eigenvalue weighted by Gasteiger charge is -2.38. The summed E-state index contributed by atoms with van der Waals surface area (Å²) in [6, 6.07) is 10.1. The highest BCUT2D eigenvalue weighted by Crippen LogP contribution is 2.38. The molecule has 0 radical (unpaired) electrons. The van der Waals surface area contributed by atoms with Gasteiger partial charge in [0.05, 0.1) is 24.2 Å². The molecule has 0 unspecified atom stereocenters. The van der Waals surface area contributed by atoms with Crippen molar-refractivity contribution < 1.29 is 14.3 Å². The first-order valence-corrected chi connectivity index (χ1v) is 11.5. The average molecular weight is 500 g/mol. The number of methoxy groups -OCH3 is 1. The zero-order valence-electron chi connectivity index (χ0n) is 18.6. The van der Waals surface area contributed by atoms with E-state index in [1.54, 1.807) is 24.1 Å². The molecule has 4 rings (SSSR count). The minimum atomic E-state index is -0.135. The van der Waals surface area contributed by atoms with Gasteiger partial charge in [0, 0.05) is 35.4 Å². The molecule has 2 aromatic carbocycles. The normalized spacial score (nSPS) is 20.7. The van der Waals surface area contributed by atoms with Crippen LogP contribution >= 0.6 is 35.6 Å². The van der Waals surface area contributed by atoms with E-state index in [1.807, 2.05) is 18.2 Å². The summed E-state index contributed by atoms with van der Waals surface area (Å²) >= 11 is 12.4. The first kappa shape index (κ1) is 25.0. The molecule has 0 aromatic heterocycles. The van der Waals surface area contributed by atoms with Crippen molar-refractivity contribution in [3.05, 3.63) is 51.5 Å². The number of hydrogen-bond acceptors (Lipinski definition) is 4. The molecule has 8 heteroatoms. The van der Waals surface area contributed by atoms with Crippen LogP contribution in [0.3, 0.4) is 0 Å². The van der Waals surface area contributed by atoms with Gasteiger partial charge in [-0.25, -0.2) is 0 Å². The van der Waals surface area contributed by atoms with Gasteiger partial charge < -0.3 is 14.4 Å². The fourth-order valence-corrected chi connectivity index (χ4v) is 5.32. The molecule has 0 saturated carbocycles. The fraction of sp³-hybridized carbons (Fsp3) is 0.458. The van der Waals surface area contributed by atoms with E-state index in [4.69, 9.17) is 32.7 Å². The monoisotopic (exact) mass is 498 g/mol. The van der Waals surface area contributed by atoms with Gasteiger partial charge >= 0.3 is 0 Å². The molecule has 174 valence electrons. The molecule has 2 aliphatic heterocycles. The van der Waals surface area contributed by atoms with Crippen molar-refractivity contribution in [2.75, 3.05) is 25.2 Å². The van der Waals surface area contributed by atoms with Gasteiger partial charge in [0.1, 0.15) is 6.61 Å². The fourth-order valence-electron chi connectivity index (χ4n) is 4.70. The molecular formula is C24H29Cl3N2O3. The molecule has 32 heavy (non-hydrogen) atoms. The van der Waals surface area contributed by atoms with Crippen molar-refractivity contribution in [2.24, 2.45) is 0 Å². The quantitative estimate of drug-likeness (QED) is 0.473. The molecule has 2 aliphatic rings. The van der Waals surface area contributed by atoms with E-state index in [2.05, 4.69) is 18.7 Å². The van der Waals surface area contributed by atoms with Crippen LogP contribution < -0.4 is 14.4 Å². The molecule has 0 N–H and O–H groups in total. The summed E-state index contributed by atoms with van der Waals surface area (Å²) in [7, 11) is 1.62. The number of rotatable bonds is 6. The van der Waals surface area contributed by atoms with Gasteiger partial charge in [0.2, 0.25) is 0 Å². The Bertz CT molecular complexity index is 975. The standard InChI is InChI=1S/C24H28Cl2N2O3.ClH/c1-15-5-4-6-16(2)27(15)9-10-31-22-13-19(7-8-21(22)30-3)28-14-17-11-18(25)12-20(26)23(17)24(28)29;/h7-8,11-13,15-16H,4-6,9-10,14H2,1-3H3;1H/t15-,16+;. The zero-order chi connectivity index (χ0) is 22.1. The summed E-state index contributed by atoms with van der Waals surface area (Å²) in [6.07, 6.45) is 3.75. The van der Waals surface area contributed by atoms with Crippen LogP contribution in [0.25, 0.3) is 0 Å². The number of anilines is 1. The second kappa shape index (κ2) is 10.5. The molecule has 2 aromatic rings. The minimum Gasteiger partial charge on any atom is -0.493 e. The zero-order valence-corrected chi connectivity index (χ0v) is 20.9. The predicted octanol–water partition coefficient (Wildman–Crippen LogP) is 6.23. The predicted molar refractivity (Wildman–Crippen MR) is 132 cm³/mol. The van der Waals surface area contributed by atoms with Crippen LogP contribution in [-0.2, 0) is 6.54 Å². The second-order valence-corrected chi connectivity index (χ2v) is 9.21. The van der Waals surface area contributed by atoms with Gasteiger partial charge in [-0.3, -0.25) is 9.69 Å². The summed E-state index contributed by atoms with van der Waals surface area (Å²) in [4.78, 5) is 17.2. The number of nitrogens with zero attached hydrogens (tertiary/aromatic N) is 2. The highest BCUT2D eigenvalue weighted by atomic mass is 35.5. The molecule has 1 fully saturated rings. The largest absolute Gasteiger partial charge is 0.493 e. The van der Waals surface area contributed by atoms with Crippen molar-refractivity contribution in [1.29, 1.82) is 0 Å². The van der Waals surface area contributed by atoms with Crippen LogP contribution in [0.5, 0.6) is 11.5 Å². The van der Waals surface area contributed by atoms with Crippen LogP contribution in [0.2, 0.25) is 10.0 Å². The molecule has 5 nitrogen and oxygen atoms in total. The number of piperidine rings is 1. The number of halogens is 3. The molecule has 1 amide bonds. The molecule has 2 atom stereocenters. The van der Waals surface area contributed by atoms with E-state index < -0.39 is 0 Å². The van der Waals surface area contributed by atoms with E-state index in [9.17, 15) is 4.79 Å². The lowest BCUT2D eigenvalue weighted by atomic mass is 9.98.